The van der Waals surface area contributed by atoms with Crippen molar-refractivity contribution in [2.24, 2.45) is 0 Å². The molecule has 116 valence electrons. The standard InChI is InChI=1S/C15H23N3O3/c1-10(2)17-15(20)11(3)18-14(19)8-9-21-13-7-5-4-6-12(13)16/h4-7,10-11H,8-9,16H2,1-3H3,(H,17,20)(H,18,19). The summed E-state index contributed by atoms with van der Waals surface area (Å²) < 4.78 is 5.43. The maximum absolute atomic E-state index is 11.7. The van der Waals surface area contributed by atoms with E-state index in [1.807, 2.05) is 26.0 Å². The van der Waals surface area contributed by atoms with E-state index >= 15 is 0 Å². The third-order valence-electron chi connectivity index (χ3n) is 2.71. The summed E-state index contributed by atoms with van der Waals surface area (Å²) >= 11 is 0. The molecule has 1 atom stereocenters. The molecule has 0 aliphatic rings. The van der Waals surface area contributed by atoms with Gasteiger partial charge < -0.3 is 21.1 Å². The fourth-order valence-corrected chi connectivity index (χ4v) is 1.65. The second-order valence-corrected chi connectivity index (χ2v) is 5.09. The molecule has 0 aromatic heterocycles. The van der Waals surface area contributed by atoms with Crippen LogP contribution < -0.4 is 21.1 Å². The number of hydrogen-bond acceptors (Lipinski definition) is 4. The van der Waals surface area contributed by atoms with Gasteiger partial charge in [-0.05, 0) is 32.9 Å². The molecule has 1 rings (SSSR count). The van der Waals surface area contributed by atoms with E-state index in [9.17, 15) is 9.59 Å². The minimum absolute atomic E-state index is 0.0428. The highest BCUT2D eigenvalue weighted by molar-refractivity contribution is 5.87. The Kier molecular flexibility index (Phi) is 6.52. The van der Waals surface area contributed by atoms with Crippen molar-refractivity contribution >= 4 is 17.5 Å². The number of nitrogens with one attached hydrogen (secondary N) is 2. The summed E-state index contributed by atoms with van der Waals surface area (Å²) in [6.45, 7) is 5.58. The Balaban J connectivity index is 2.31. The van der Waals surface area contributed by atoms with Gasteiger partial charge in [0, 0.05) is 6.04 Å². The number of nitrogen functional groups attached to an aromatic ring is 1. The average molecular weight is 293 g/mol. The molecular formula is C15H23N3O3. The molecule has 0 saturated carbocycles. The largest absolute Gasteiger partial charge is 0.491 e. The minimum Gasteiger partial charge on any atom is -0.491 e. The van der Waals surface area contributed by atoms with Gasteiger partial charge in [-0.25, -0.2) is 0 Å². The number of rotatable bonds is 7. The molecule has 0 heterocycles. The molecule has 0 aliphatic carbocycles. The average Bonchev–Trinajstić information content (AvgIpc) is 2.40. The number of amides is 2. The van der Waals surface area contributed by atoms with Gasteiger partial charge in [0.25, 0.3) is 0 Å². The molecular weight excluding hydrogens is 270 g/mol. The fraction of sp³-hybridized carbons (Fsp3) is 0.467. The van der Waals surface area contributed by atoms with Gasteiger partial charge >= 0.3 is 0 Å². The van der Waals surface area contributed by atoms with Crippen LogP contribution in [0.2, 0.25) is 0 Å². The van der Waals surface area contributed by atoms with Gasteiger partial charge in [0.1, 0.15) is 11.8 Å². The zero-order chi connectivity index (χ0) is 15.8. The van der Waals surface area contributed by atoms with Gasteiger partial charge in [-0.3, -0.25) is 9.59 Å². The number of nitrogens with two attached hydrogens (primary N) is 1. The highest BCUT2D eigenvalue weighted by Gasteiger charge is 2.15. The SMILES string of the molecule is CC(C)NC(=O)C(C)NC(=O)CCOc1ccccc1N. The predicted octanol–water partition coefficient (Wildman–Crippen LogP) is 1.07. The zero-order valence-corrected chi connectivity index (χ0v) is 12.7. The summed E-state index contributed by atoms with van der Waals surface area (Å²) in [6, 6.07) is 6.57. The summed E-state index contributed by atoms with van der Waals surface area (Å²) in [5, 5.41) is 5.36. The number of carbonyl (C=O) groups excluding carboxylic acids is 2. The number of ether oxygens (including phenoxy) is 1. The van der Waals surface area contributed by atoms with E-state index in [2.05, 4.69) is 10.6 Å². The Hall–Kier alpha value is -2.24. The van der Waals surface area contributed by atoms with Crippen LogP contribution in [0.1, 0.15) is 27.2 Å². The van der Waals surface area contributed by atoms with Crippen LogP contribution in [0.5, 0.6) is 5.75 Å². The first-order chi connectivity index (χ1) is 9.90. The van der Waals surface area contributed by atoms with Gasteiger partial charge in [0.2, 0.25) is 11.8 Å². The van der Waals surface area contributed by atoms with E-state index in [1.165, 1.54) is 0 Å². The number of carbonyl (C=O) groups is 2. The molecule has 0 radical (unpaired) electrons. The highest BCUT2D eigenvalue weighted by atomic mass is 16.5. The van der Waals surface area contributed by atoms with Crippen molar-refractivity contribution in [3.05, 3.63) is 24.3 Å². The molecule has 6 nitrogen and oxygen atoms in total. The zero-order valence-electron chi connectivity index (χ0n) is 12.7. The van der Waals surface area contributed by atoms with Crippen molar-refractivity contribution in [1.29, 1.82) is 0 Å². The second-order valence-electron chi connectivity index (χ2n) is 5.09. The van der Waals surface area contributed by atoms with Crippen LogP contribution in [-0.4, -0.2) is 30.5 Å². The lowest BCUT2D eigenvalue weighted by molar-refractivity contribution is -0.129. The Labute approximate surface area is 125 Å². The Bertz CT molecular complexity index is 489. The Morgan fingerprint density at radius 2 is 1.86 bits per heavy atom. The third-order valence-corrected chi connectivity index (χ3v) is 2.71. The number of anilines is 1. The van der Waals surface area contributed by atoms with E-state index < -0.39 is 6.04 Å². The van der Waals surface area contributed by atoms with Gasteiger partial charge in [-0.1, -0.05) is 12.1 Å². The summed E-state index contributed by atoms with van der Waals surface area (Å²) in [7, 11) is 0. The number of hydrogen-bond donors (Lipinski definition) is 3. The molecule has 4 N–H and O–H groups in total. The van der Waals surface area contributed by atoms with Gasteiger partial charge in [0.15, 0.2) is 0 Å². The van der Waals surface area contributed by atoms with Crippen molar-refractivity contribution < 1.29 is 14.3 Å². The smallest absolute Gasteiger partial charge is 0.242 e. The van der Waals surface area contributed by atoms with Crippen LogP contribution in [0.4, 0.5) is 5.69 Å². The summed E-state index contributed by atoms with van der Waals surface area (Å²) in [5.41, 5.74) is 6.26. The van der Waals surface area contributed by atoms with Crippen LogP contribution in [0, 0.1) is 0 Å². The van der Waals surface area contributed by atoms with Crippen molar-refractivity contribution in [2.75, 3.05) is 12.3 Å². The van der Waals surface area contributed by atoms with Crippen LogP contribution in [0.3, 0.4) is 0 Å². The molecule has 6 heteroatoms. The maximum Gasteiger partial charge on any atom is 0.242 e. The lowest BCUT2D eigenvalue weighted by Crippen LogP contribution is -2.47. The lowest BCUT2D eigenvalue weighted by Gasteiger charge is -2.16. The Morgan fingerprint density at radius 1 is 1.19 bits per heavy atom. The first-order valence-corrected chi connectivity index (χ1v) is 6.97. The number of benzene rings is 1. The molecule has 1 unspecified atom stereocenters. The van der Waals surface area contributed by atoms with Gasteiger partial charge in [-0.2, -0.15) is 0 Å². The first kappa shape index (κ1) is 16.8. The van der Waals surface area contributed by atoms with Gasteiger partial charge in [-0.15, -0.1) is 0 Å². The van der Waals surface area contributed by atoms with Crippen molar-refractivity contribution in [3.63, 3.8) is 0 Å². The lowest BCUT2D eigenvalue weighted by atomic mass is 10.2. The molecule has 0 saturated heterocycles. The van der Waals surface area contributed by atoms with E-state index in [4.69, 9.17) is 10.5 Å². The molecule has 0 aliphatic heterocycles. The molecule has 21 heavy (non-hydrogen) atoms. The second kappa shape index (κ2) is 8.14. The van der Waals surface area contributed by atoms with Crippen LogP contribution in [-0.2, 0) is 9.59 Å². The highest BCUT2D eigenvalue weighted by Crippen LogP contribution is 2.19. The topological polar surface area (TPSA) is 93.5 Å². The fourth-order valence-electron chi connectivity index (χ4n) is 1.65. The van der Waals surface area contributed by atoms with E-state index in [1.54, 1.807) is 19.1 Å². The quantitative estimate of drug-likeness (QED) is 0.655. The molecule has 1 aromatic rings. The summed E-state index contributed by atoms with van der Waals surface area (Å²) in [4.78, 5) is 23.4. The van der Waals surface area contributed by atoms with Crippen LogP contribution in [0.25, 0.3) is 0 Å². The predicted molar refractivity (Wildman–Crippen MR) is 81.8 cm³/mol. The normalized spacial score (nSPS) is 11.8. The maximum atomic E-state index is 11.7. The number of para-hydroxylation sites is 2. The van der Waals surface area contributed by atoms with E-state index in [0.29, 0.717) is 11.4 Å². The molecule has 0 fully saturated rings. The van der Waals surface area contributed by atoms with Crippen molar-refractivity contribution in [3.8, 4) is 5.75 Å². The van der Waals surface area contributed by atoms with E-state index in [-0.39, 0.29) is 30.9 Å². The summed E-state index contributed by atoms with van der Waals surface area (Å²) in [6.07, 6.45) is 0.160. The van der Waals surface area contributed by atoms with E-state index in [0.717, 1.165) is 0 Å². The Morgan fingerprint density at radius 3 is 2.48 bits per heavy atom. The van der Waals surface area contributed by atoms with Crippen LogP contribution >= 0.6 is 0 Å². The third kappa shape index (κ3) is 6.16. The molecule has 0 bridgehead atoms. The van der Waals surface area contributed by atoms with Gasteiger partial charge in [0.05, 0.1) is 18.7 Å². The first-order valence-electron chi connectivity index (χ1n) is 6.97. The molecule has 2 amide bonds. The van der Waals surface area contributed by atoms with Crippen LogP contribution in [0.15, 0.2) is 24.3 Å². The molecule has 0 spiro atoms. The van der Waals surface area contributed by atoms with Crippen molar-refractivity contribution in [1.82, 2.24) is 10.6 Å². The minimum atomic E-state index is -0.568. The summed E-state index contributed by atoms with van der Waals surface area (Å²) in [5.74, 6) is 0.110. The monoisotopic (exact) mass is 293 g/mol. The van der Waals surface area contributed by atoms with Crippen molar-refractivity contribution in [2.45, 2.75) is 39.3 Å². The molecule has 1 aromatic carbocycles.